The topological polar surface area (TPSA) is 47.6 Å². The van der Waals surface area contributed by atoms with Gasteiger partial charge in [-0.3, -0.25) is 9.80 Å². The molecule has 2 aromatic rings. The van der Waals surface area contributed by atoms with Gasteiger partial charge in [0.1, 0.15) is 0 Å². The van der Waals surface area contributed by atoms with Crippen molar-refractivity contribution in [1.29, 1.82) is 0 Å². The molecule has 0 bridgehead atoms. The maximum absolute atomic E-state index is 13.1. The minimum absolute atomic E-state index is 0.145. The summed E-state index contributed by atoms with van der Waals surface area (Å²) in [6.07, 6.45) is -4.07. The summed E-state index contributed by atoms with van der Waals surface area (Å²) in [4.78, 5) is 14.5. The van der Waals surface area contributed by atoms with E-state index in [0.717, 1.165) is 23.1 Å². The molecule has 0 fully saturated rings. The molecule has 2 aliphatic rings. The molecule has 0 aliphatic carbocycles. The fourth-order valence-electron chi connectivity index (χ4n) is 3.41. The van der Waals surface area contributed by atoms with Gasteiger partial charge >= 0.3 is 6.18 Å². The molecule has 1 aromatic carbocycles. The summed E-state index contributed by atoms with van der Waals surface area (Å²) in [5, 5.41) is 5.31. The number of halogens is 4. The van der Waals surface area contributed by atoms with Crippen molar-refractivity contribution in [3.05, 3.63) is 62.6 Å². The third-order valence-electron chi connectivity index (χ3n) is 4.85. The maximum Gasteiger partial charge on any atom is 0.417 e. The zero-order chi connectivity index (χ0) is 20.1. The van der Waals surface area contributed by atoms with Crippen LogP contribution in [0.15, 0.2) is 46.4 Å². The van der Waals surface area contributed by atoms with E-state index in [4.69, 9.17) is 11.6 Å². The fraction of sp³-hybridized carbons (Fsp3) is 0.278. The molecule has 0 radical (unpaired) electrons. The number of anilines is 1. The van der Waals surface area contributed by atoms with Gasteiger partial charge in [0.05, 0.1) is 39.8 Å². The van der Waals surface area contributed by atoms with Crippen LogP contribution in [0.4, 0.5) is 18.9 Å². The number of carbonyl (C=O) groups excluding carboxylic acids is 1. The first-order chi connectivity index (χ1) is 13.3. The number of nitrogens with one attached hydrogen (secondary N) is 2. The first-order valence-electron chi connectivity index (χ1n) is 8.50. The molecule has 1 aromatic heterocycles. The van der Waals surface area contributed by atoms with Crippen molar-refractivity contribution >= 4 is 34.5 Å². The molecule has 0 saturated carbocycles. The summed E-state index contributed by atoms with van der Waals surface area (Å²) in [5.41, 5.74) is 7.76. The first kappa shape index (κ1) is 19.1. The summed E-state index contributed by atoms with van der Waals surface area (Å²) < 4.78 is 39.4. The van der Waals surface area contributed by atoms with Crippen LogP contribution in [0.3, 0.4) is 0 Å². The zero-order valence-corrected chi connectivity index (χ0v) is 16.3. The molecular formula is C18H16ClF3N4OS. The Morgan fingerprint density at radius 1 is 1.32 bits per heavy atom. The number of nitrogens with zero attached hydrogens (tertiary/aromatic N) is 2. The third kappa shape index (κ3) is 3.23. The highest BCUT2D eigenvalue weighted by Crippen LogP contribution is 2.38. The lowest BCUT2D eigenvalue weighted by Gasteiger charge is -2.35. The Labute approximate surface area is 168 Å². The summed E-state index contributed by atoms with van der Waals surface area (Å²) in [6.45, 7) is 2.11. The van der Waals surface area contributed by atoms with Gasteiger partial charge in [-0.2, -0.15) is 24.5 Å². The van der Waals surface area contributed by atoms with Gasteiger partial charge in [0, 0.05) is 17.8 Å². The molecule has 2 aliphatic heterocycles. The second kappa shape index (κ2) is 6.98. The Kier molecular flexibility index (Phi) is 4.76. The van der Waals surface area contributed by atoms with Crippen LogP contribution in [-0.4, -0.2) is 23.4 Å². The average molecular weight is 429 g/mol. The highest BCUT2D eigenvalue weighted by atomic mass is 35.5. The molecule has 148 valence electrons. The predicted molar refractivity (Wildman–Crippen MR) is 102 cm³/mol. The van der Waals surface area contributed by atoms with Crippen molar-refractivity contribution in [3.63, 3.8) is 0 Å². The van der Waals surface area contributed by atoms with E-state index in [0.29, 0.717) is 6.42 Å². The van der Waals surface area contributed by atoms with Gasteiger partial charge in [-0.05, 0) is 30.5 Å². The molecule has 4 rings (SSSR count). The van der Waals surface area contributed by atoms with Crippen LogP contribution in [0.2, 0.25) is 5.02 Å². The number of hydrazine groups is 2. The van der Waals surface area contributed by atoms with Crippen LogP contribution >= 0.6 is 22.9 Å². The molecule has 1 amide bonds. The lowest BCUT2D eigenvalue weighted by Crippen LogP contribution is -2.44. The van der Waals surface area contributed by atoms with Gasteiger partial charge in [-0.25, -0.2) is 0 Å². The van der Waals surface area contributed by atoms with E-state index in [2.05, 4.69) is 11.0 Å². The standard InChI is InChI=1S/C18H16ClF3N4OS/c1-10-7-15-14(23-24-26(15)11-5-6-28-9-11)8-25(10)17(27)12-3-2-4-13(16(12)19)18(20,21)22/h2-6,9-10,23-24H,7-8H2,1H3/t10-/m0/s1. The number of rotatable bonds is 2. The number of amides is 1. The largest absolute Gasteiger partial charge is 0.417 e. The minimum atomic E-state index is -4.62. The highest BCUT2D eigenvalue weighted by Gasteiger charge is 2.38. The predicted octanol–water partition coefficient (Wildman–Crippen LogP) is 4.40. The molecule has 28 heavy (non-hydrogen) atoms. The third-order valence-corrected chi connectivity index (χ3v) is 5.92. The molecular weight excluding hydrogens is 413 g/mol. The Balaban J connectivity index is 1.62. The van der Waals surface area contributed by atoms with Gasteiger partial charge in [0.15, 0.2) is 0 Å². The molecule has 0 saturated heterocycles. The van der Waals surface area contributed by atoms with Crippen LogP contribution in [0.25, 0.3) is 0 Å². The first-order valence-corrected chi connectivity index (χ1v) is 9.82. The van der Waals surface area contributed by atoms with E-state index in [1.54, 1.807) is 11.3 Å². The van der Waals surface area contributed by atoms with E-state index in [1.165, 1.54) is 17.0 Å². The lowest BCUT2D eigenvalue weighted by molar-refractivity contribution is -0.137. The zero-order valence-electron chi connectivity index (χ0n) is 14.7. The normalized spacial score (nSPS) is 19.7. The Morgan fingerprint density at radius 3 is 2.79 bits per heavy atom. The number of hydrogen-bond donors (Lipinski definition) is 2. The molecule has 0 spiro atoms. The van der Waals surface area contributed by atoms with Crippen molar-refractivity contribution in [1.82, 2.24) is 15.9 Å². The molecule has 0 unspecified atom stereocenters. The molecule has 3 heterocycles. The highest BCUT2D eigenvalue weighted by molar-refractivity contribution is 7.08. The van der Waals surface area contributed by atoms with Crippen LogP contribution < -0.4 is 16.0 Å². The van der Waals surface area contributed by atoms with Crippen molar-refractivity contribution in [3.8, 4) is 0 Å². The van der Waals surface area contributed by atoms with Crippen LogP contribution in [-0.2, 0) is 6.18 Å². The fourth-order valence-corrected chi connectivity index (χ4v) is 4.34. The minimum Gasteiger partial charge on any atom is -0.330 e. The van der Waals surface area contributed by atoms with Crippen LogP contribution in [0.5, 0.6) is 0 Å². The second-order valence-electron chi connectivity index (χ2n) is 6.63. The molecule has 10 heteroatoms. The monoisotopic (exact) mass is 428 g/mol. The number of carbonyl (C=O) groups is 1. The number of benzene rings is 1. The SMILES string of the molecule is C[C@H]1CC2=C(CN1C(=O)c1cccc(C(F)(F)F)c1Cl)NNN2c1ccsc1. The Bertz CT molecular complexity index is 945. The Morgan fingerprint density at radius 2 is 2.11 bits per heavy atom. The van der Waals surface area contributed by atoms with Crippen molar-refractivity contribution in [2.24, 2.45) is 0 Å². The molecule has 1 atom stereocenters. The van der Waals surface area contributed by atoms with Gasteiger partial charge in [-0.15, -0.1) is 5.53 Å². The summed E-state index contributed by atoms with van der Waals surface area (Å²) in [5.74, 6) is -0.522. The van der Waals surface area contributed by atoms with Gasteiger partial charge in [0.2, 0.25) is 0 Å². The van der Waals surface area contributed by atoms with Gasteiger partial charge in [0.25, 0.3) is 5.91 Å². The maximum atomic E-state index is 13.1. The number of hydrogen-bond acceptors (Lipinski definition) is 5. The van der Waals surface area contributed by atoms with Gasteiger partial charge < -0.3 is 10.3 Å². The quantitative estimate of drug-likeness (QED) is 0.744. The summed E-state index contributed by atoms with van der Waals surface area (Å²) >= 11 is 7.51. The molecule has 5 nitrogen and oxygen atoms in total. The van der Waals surface area contributed by atoms with Crippen LogP contribution in [0, 0.1) is 0 Å². The van der Waals surface area contributed by atoms with E-state index in [-0.39, 0.29) is 18.2 Å². The molecule has 2 N–H and O–H groups in total. The number of thiophene rings is 1. The van der Waals surface area contributed by atoms with Crippen molar-refractivity contribution < 1.29 is 18.0 Å². The second-order valence-corrected chi connectivity index (χ2v) is 7.79. The summed E-state index contributed by atoms with van der Waals surface area (Å²) in [6, 6.07) is 5.17. The Hall–Kier alpha value is -2.23. The van der Waals surface area contributed by atoms with E-state index in [1.807, 2.05) is 28.8 Å². The van der Waals surface area contributed by atoms with Crippen LogP contribution in [0.1, 0.15) is 29.3 Å². The van der Waals surface area contributed by atoms with Gasteiger partial charge in [-0.1, -0.05) is 17.7 Å². The number of alkyl halides is 3. The summed E-state index contributed by atoms with van der Waals surface area (Å²) in [7, 11) is 0. The van der Waals surface area contributed by atoms with E-state index >= 15 is 0 Å². The van der Waals surface area contributed by atoms with E-state index in [9.17, 15) is 18.0 Å². The lowest BCUT2D eigenvalue weighted by atomic mass is 10.0. The van der Waals surface area contributed by atoms with E-state index < -0.39 is 22.7 Å². The van der Waals surface area contributed by atoms with Crippen molar-refractivity contribution in [2.45, 2.75) is 25.6 Å². The van der Waals surface area contributed by atoms with Crippen molar-refractivity contribution in [2.75, 3.05) is 11.6 Å². The smallest absolute Gasteiger partial charge is 0.330 e. The average Bonchev–Trinajstić information content (AvgIpc) is 3.28.